The molecule has 1 aromatic heterocycles. The van der Waals surface area contributed by atoms with Crippen molar-refractivity contribution in [3.05, 3.63) is 53.9 Å². The van der Waals surface area contributed by atoms with Gasteiger partial charge in [-0.05, 0) is 43.0 Å². The fraction of sp³-hybridized carbons (Fsp3) is 0.550. The Morgan fingerprint density at radius 3 is 2.84 bits per heavy atom. The number of hydrogen-bond acceptors (Lipinski definition) is 4. The predicted octanol–water partition coefficient (Wildman–Crippen LogP) is 1.77. The highest BCUT2D eigenvalue weighted by Crippen LogP contribution is 2.21. The summed E-state index contributed by atoms with van der Waals surface area (Å²) in [4.78, 5) is 4.84. The third-order valence-corrected chi connectivity index (χ3v) is 5.58. The molecule has 5 heteroatoms. The molecule has 0 amide bonds. The molecule has 2 aliphatic heterocycles. The Balaban J connectivity index is 1.29. The molecule has 0 radical (unpaired) electrons. The molecule has 2 atom stereocenters. The molecular formula is C20H28N4O. The number of nitrogens with zero attached hydrogens (tertiary/aromatic N) is 4. The van der Waals surface area contributed by atoms with Gasteiger partial charge >= 0.3 is 0 Å². The third kappa shape index (κ3) is 4.11. The van der Waals surface area contributed by atoms with Crippen LogP contribution in [0.5, 0.6) is 0 Å². The second-order valence-electron chi connectivity index (χ2n) is 7.43. The van der Waals surface area contributed by atoms with E-state index >= 15 is 0 Å². The molecular weight excluding hydrogens is 312 g/mol. The van der Waals surface area contributed by atoms with Crippen molar-refractivity contribution in [2.75, 3.05) is 26.2 Å². The van der Waals surface area contributed by atoms with Gasteiger partial charge in [-0.3, -0.25) is 14.5 Å². The first-order valence-electron chi connectivity index (χ1n) is 9.46. The molecule has 3 heterocycles. The van der Waals surface area contributed by atoms with Crippen molar-refractivity contribution in [3.63, 3.8) is 0 Å². The smallest absolute Gasteiger partial charge is 0.0794 e. The summed E-state index contributed by atoms with van der Waals surface area (Å²) < 4.78 is 2.01. The molecule has 0 saturated carbocycles. The van der Waals surface area contributed by atoms with Gasteiger partial charge in [0.2, 0.25) is 0 Å². The maximum atomic E-state index is 10.6. The predicted molar refractivity (Wildman–Crippen MR) is 98.3 cm³/mol. The third-order valence-electron chi connectivity index (χ3n) is 5.58. The van der Waals surface area contributed by atoms with Crippen LogP contribution in [0.3, 0.4) is 0 Å². The number of rotatable bonds is 6. The van der Waals surface area contributed by atoms with Crippen molar-refractivity contribution in [3.8, 4) is 0 Å². The molecule has 0 aliphatic carbocycles. The molecule has 0 bridgehead atoms. The second kappa shape index (κ2) is 7.68. The molecule has 25 heavy (non-hydrogen) atoms. The summed E-state index contributed by atoms with van der Waals surface area (Å²) in [7, 11) is 0. The van der Waals surface area contributed by atoms with Crippen LogP contribution in [0.1, 0.15) is 24.0 Å². The minimum absolute atomic E-state index is 0.288. The number of aliphatic hydroxyl groups is 1. The normalized spacial score (nSPS) is 22.8. The molecule has 2 aliphatic rings. The van der Waals surface area contributed by atoms with Gasteiger partial charge in [-0.15, -0.1) is 0 Å². The summed E-state index contributed by atoms with van der Waals surface area (Å²) in [5, 5.41) is 15.0. The van der Waals surface area contributed by atoms with E-state index in [9.17, 15) is 5.11 Å². The van der Waals surface area contributed by atoms with Crippen LogP contribution in [-0.2, 0) is 19.5 Å². The van der Waals surface area contributed by atoms with E-state index in [0.29, 0.717) is 6.04 Å². The molecule has 1 N–H and O–H groups in total. The molecule has 4 rings (SSSR count). The lowest BCUT2D eigenvalue weighted by Crippen LogP contribution is -2.44. The number of benzene rings is 1. The van der Waals surface area contributed by atoms with Crippen LogP contribution in [-0.4, -0.2) is 63.0 Å². The zero-order valence-corrected chi connectivity index (χ0v) is 14.8. The van der Waals surface area contributed by atoms with E-state index in [4.69, 9.17) is 0 Å². The van der Waals surface area contributed by atoms with E-state index in [0.717, 1.165) is 45.7 Å². The molecule has 1 fully saturated rings. The van der Waals surface area contributed by atoms with Crippen LogP contribution < -0.4 is 0 Å². The van der Waals surface area contributed by atoms with Crippen LogP contribution in [0, 0.1) is 0 Å². The van der Waals surface area contributed by atoms with Gasteiger partial charge in [-0.25, -0.2) is 0 Å². The largest absolute Gasteiger partial charge is 0.390 e. The standard InChI is InChI=1S/C20H28N4O/c25-20(15-22-12-8-17-5-1-2-6-18(17)13-22)16-23-10-3-7-19(23)14-24-11-4-9-21-24/h1-2,4-6,9,11,19-20,25H,3,7-8,10,12-16H2/t19-,20+/m1/s1. The SMILES string of the molecule is O[C@@H](CN1CCc2ccccc2C1)CN1CCC[C@@H]1Cn1cccn1. The molecule has 5 nitrogen and oxygen atoms in total. The van der Waals surface area contributed by atoms with Gasteiger partial charge in [0.1, 0.15) is 0 Å². The Bertz CT molecular complexity index is 672. The maximum absolute atomic E-state index is 10.6. The Morgan fingerprint density at radius 1 is 1.12 bits per heavy atom. The number of likely N-dealkylation sites (tertiary alicyclic amines) is 1. The second-order valence-corrected chi connectivity index (χ2v) is 7.43. The van der Waals surface area contributed by atoms with Crippen molar-refractivity contribution in [1.29, 1.82) is 0 Å². The van der Waals surface area contributed by atoms with E-state index in [1.165, 1.54) is 24.0 Å². The summed E-state index contributed by atoms with van der Waals surface area (Å²) >= 11 is 0. The highest BCUT2D eigenvalue weighted by Gasteiger charge is 2.27. The fourth-order valence-electron chi connectivity index (χ4n) is 4.30. The van der Waals surface area contributed by atoms with Crippen molar-refractivity contribution in [2.45, 2.75) is 44.5 Å². The zero-order chi connectivity index (χ0) is 17.1. The van der Waals surface area contributed by atoms with E-state index in [2.05, 4.69) is 39.2 Å². The molecule has 1 saturated heterocycles. The summed E-state index contributed by atoms with van der Waals surface area (Å²) in [5.41, 5.74) is 2.88. The van der Waals surface area contributed by atoms with Gasteiger partial charge in [0, 0.05) is 44.6 Å². The Hall–Kier alpha value is -1.69. The monoisotopic (exact) mass is 340 g/mol. The highest BCUT2D eigenvalue weighted by molar-refractivity contribution is 5.29. The Morgan fingerprint density at radius 2 is 2.00 bits per heavy atom. The van der Waals surface area contributed by atoms with Crippen molar-refractivity contribution in [1.82, 2.24) is 19.6 Å². The topological polar surface area (TPSA) is 44.5 Å². The molecule has 1 aromatic carbocycles. The lowest BCUT2D eigenvalue weighted by atomic mass is 10.00. The van der Waals surface area contributed by atoms with Crippen molar-refractivity contribution in [2.24, 2.45) is 0 Å². The molecule has 0 unspecified atom stereocenters. The number of fused-ring (bicyclic) bond motifs is 1. The number of hydrogen-bond donors (Lipinski definition) is 1. The van der Waals surface area contributed by atoms with E-state index < -0.39 is 0 Å². The van der Waals surface area contributed by atoms with Gasteiger partial charge in [-0.2, -0.15) is 5.10 Å². The van der Waals surface area contributed by atoms with Gasteiger partial charge in [0.25, 0.3) is 0 Å². The summed E-state index contributed by atoms with van der Waals surface area (Å²) in [5.74, 6) is 0. The van der Waals surface area contributed by atoms with Crippen LogP contribution >= 0.6 is 0 Å². The molecule has 2 aromatic rings. The van der Waals surface area contributed by atoms with Crippen molar-refractivity contribution >= 4 is 0 Å². The van der Waals surface area contributed by atoms with E-state index in [1.807, 2.05) is 23.1 Å². The quantitative estimate of drug-likeness (QED) is 0.870. The highest BCUT2D eigenvalue weighted by atomic mass is 16.3. The number of aliphatic hydroxyl groups excluding tert-OH is 1. The summed E-state index contributed by atoms with van der Waals surface area (Å²) in [6.07, 6.45) is 7.08. The zero-order valence-electron chi connectivity index (χ0n) is 14.8. The minimum atomic E-state index is -0.288. The first-order valence-corrected chi connectivity index (χ1v) is 9.46. The summed E-state index contributed by atoms with van der Waals surface area (Å²) in [6.45, 7) is 5.56. The van der Waals surface area contributed by atoms with Gasteiger partial charge < -0.3 is 5.11 Å². The lowest BCUT2D eigenvalue weighted by molar-refractivity contribution is 0.0621. The Kier molecular flexibility index (Phi) is 5.15. The van der Waals surface area contributed by atoms with Gasteiger partial charge in [0.15, 0.2) is 0 Å². The summed E-state index contributed by atoms with van der Waals surface area (Å²) in [6, 6.07) is 11.2. The van der Waals surface area contributed by atoms with Crippen LogP contribution in [0.4, 0.5) is 0 Å². The first kappa shape index (κ1) is 16.8. The number of aromatic nitrogens is 2. The first-order chi connectivity index (χ1) is 12.3. The van der Waals surface area contributed by atoms with E-state index in [-0.39, 0.29) is 6.10 Å². The fourth-order valence-corrected chi connectivity index (χ4v) is 4.30. The van der Waals surface area contributed by atoms with Crippen LogP contribution in [0.2, 0.25) is 0 Å². The maximum Gasteiger partial charge on any atom is 0.0794 e. The van der Waals surface area contributed by atoms with Gasteiger partial charge in [0.05, 0.1) is 12.6 Å². The van der Waals surface area contributed by atoms with Crippen LogP contribution in [0.25, 0.3) is 0 Å². The van der Waals surface area contributed by atoms with Gasteiger partial charge in [-0.1, -0.05) is 24.3 Å². The molecule has 134 valence electrons. The Labute approximate surface area is 149 Å². The minimum Gasteiger partial charge on any atom is -0.390 e. The molecule has 0 spiro atoms. The van der Waals surface area contributed by atoms with Crippen molar-refractivity contribution < 1.29 is 5.11 Å². The van der Waals surface area contributed by atoms with Crippen LogP contribution in [0.15, 0.2) is 42.7 Å². The number of β-amino-alcohol motifs (C(OH)–C–C–N with tert-alkyl or cyclic N) is 1. The lowest BCUT2D eigenvalue weighted by Gasteiger charge is -2.32. The average Bonchev–Trinajstić information content (AvgIpc) is 3.28. The van der Waals surface area contributed by atoms with E-state index in [1.54, 1.807) is 0 Å². The average molecular weight is 340 g/mol.